The fourth-order valence-corrected chi connectivity index (χ4v) is 3.21. The lowest BCUT2D eigenvalue weighted by molar-refractivity contribution is 0.252. The average molecular weight is 324 g/mol. The number of ether oxygens (including phenoxy) is 1. The Hall–Kier alpha value is -2.49. The van der Waals surface area contributed by atoms with Crippen molar-refractivity contribution in [3.05, 3.63) is 58.7 Å². The second-order valence-electron chi connectivity index (χ2n) is 6.32. The SMILES string of the molecule is COc1c(C)cc(N2CCNC2=O)cc1CCc1ccc(C)cc1. The largest absolute Gasteiger partial charge is 0.496 e. The average Bonchev–Trinajstić information content (AvgIpc) is 3.00. The maximum Gasteiger partial charge on any atom is 0.321 e. The number of hydrogen-bond acceptors (Lipinski definition) is 2. The predicted molar refractivity (Wildman–Crippen MR) is 97.1 cm³/mol. The Bertz CT molecular complexity index is 738. The number of methoxy groups -OCH3 is 1. The number of urea groups is 1. The molecule has 3 rings (SSSR count). The normalized spacial score (nSPS) is 14.0. The Kier molecular flexibility index (Phi) is 4.74. The molecule has 126 valence electrons. The maximum absolute atomic E-state index is 11.9. The first kappa shape index (κ1) is 16.4. The number of aryl methyl sites for hydroxylation is 4. The number of anilines is 1. The number of benzene rings is 2. The number of carbonyl (C=O) groups is 1. The number of nitrogens with one attached hydrogen (secondary N) is 1. The van der Waals surface area contributed by atoms with Crippen molar-refractivity contribution in [2.75, 3.05) is 25.1 Å². The minimum absolute atomic E-state index is 0.0240. The third-order valence-electron chi connectivity index (χ3n) is 4.51. The van der Waals surface area contributed by atoms with Crippen LogP contribution in [0.4, 0.5) is 10.5 Å². The summed E-state index contributed by atoms with van der Waals surface area (Å²) in [6.45, 7) is 5.54. The Morgan fingerprint density at radius 2 is 1.88 bits per heavy atom. The highest BCUT2D eigenvalue weighted by molar-refractivity contribution is 5.94. The van der Waals surface area contributed by atoms with Gasteiger partial charge in [-0.3, -0.25) is 4.90 Å². The van der Waals surface area contributed by atoms with Gasteiger partial charge in [-0.1, -0.05) is 29.8 Å². The molecule has 0 aromatic heterocycles. The van der Waals surface area contributed by atoms with Gasteiger partial charge >= 0.3 is 6.03 Å². The van der Waals surface area contributed by atoms with Crippen LogP contribution in [0, 0.1) is 13.8 Å². The summed E-state index contributed by atoms with van der Waals surface area (Å²) in [5.74, 6) is 0.922. The molecule has 1 saturated heterocycles. The van der Waals surface area contributed by atoms with Crippen molar-refractivity contribution in [3.8, 4) is 5.75 Å². The lowest BCUT2D eigenvalue weighted by atomic mass is 10.00. The van der Waals surface area contributed by atoms with Crippen LogP contribution in [0.1, 0.15) is 22.3 Å². The van der Waals surface area contributed by atoms with Gasteiger partial charge in [0, 0.05) is 18.8 Å². The highest BCUT2D eigenvalue weighted by Gasteiger charge is 2.22. The molecule has 0 saturated carbocycles. The Labute approximate surface area is 143 Å². The maximum atomic E-state index is 11.9. The van der Waals surface area contributed by atoms with Crippen molar-refractivity contribution < 1.29 is 9.53 Å². The second-order valence-corrected chi connectivity index (χ2v) is 6.32. The van der Waals surface area contributed by atoms with Gasteiger partial charge in [0.05, 0.1) is 7.11 Å². The second kappa shape index (κ2) is 6.95. The van der Waals surface area contributed by atoms with Gasteiger partial charge in [0.1, 0.15) is 5.75 Å². The molecule has 0 bridgehead atoms. The van der Waals surface area contributed by atoms with Crippen LogP contribution >= 0.6 is 0 Å². The van der Waals surface area contributed by atoms with Gasteiger partial charge < -0.3 is 10.1 Å². The fourth-order valence-electron chi connectivity index (χ4n) is 3.21. The Morgan fingerprint density at radius 1 is 1.12 bits per heavy atom. The number of hydrogen-bond donors (Lipinski definition) is 1. The van der Waals surface area contributed by atoms with Crippen LogP contribution in [-0.4, -0.2) is 26.2 Å². The zero-order valence-electron chi connectivity index (χ0n) is 14.6. The van der Waals surface area contributed by atoms with Crippen molar-refractivity contribution in [1.29, 1.82) is 0 Å². The fraction of sp³-hybridized carbons (Fsp3) is 0.350. The van der Waals surface area contributed by atoms with Crippen LogP contribution in [0.5, 0.6) is 5.75 Å². The topological polar surface area (TPSA) is 41.6 Å². The van der Waals surface area contributed by atoms with E-state index in [4.69, 9.17) is 4.74 Å². The Balaban J connectivity index is 1.85. The van der Waals surface area contributed by atoms with Crippen LogP contribution in [0.2, 0.25) is 0 Å². The van der Waals surface area contributed by atoms with Gasteiger partial charge in [-0.2, -0.15) is 0 Å². The van der Waals surface area contributed by atoms with Crippen molar-refractivity contribution >= 4 is 11.7 Å². The van der Waals surface area contributed by atoms with E-state index in [0.29, 0.717) is 13.1 Å². The summed E-state index contributed by atoms with van der Waals surface area (Å²) < 4.78 is 5.61. The van der Waals surface area contributed by atoms with Gasteiger partial charge in [-0.25, -0.2) is 4.79 Å². The molecule has 2 amide bonds. The molecule has 0 radical (unpaired) electrons. The van der Waals surface area contributed by atoms with E-state index in [1.54, 1.807) is 12.0 Å². The van der Waals surface area contributed by atoms with Crippen LogP contribution < -0.4 is 15.0 Å². The molecular formula is C20H24N2O2. The number of nitrogens with zero attached hydrogens (tertiary/aromatic N) is 1. The minimum atomic E-state index is -0.0240. The van der Waals surface area contributed by atoms with Crippen LogP contribution in [0.3, 0.4) is 0 Å². The van der Waals surface area contributed by atoms with Crippen LogP contribution in [-0.2, 0) is 12.8 Å². The monoisotopic (exact) mass is 324 g/mol. The van der Waals surface area contributed by atoms with E-state index in [2.05, 4.69) is 42.6 Å². The summed E-state index contributed by atoms with van der Waals surface area (Å²) in [6, 6.07) is 12.7. The van der Waals surface area contributed by atoms with Crippen molar-refractivity contribution in [3.63, 3.8) is 0 Å². The van der Waals surface area contributed by atoms with E-state index in [1.807, 2.05) is 13.0 Å². The highest BCUT2D eigenvalue weighted by atomic mass is 16.5. The number of rotatable bonds is 5. The van der Waals surface area contributed by atoms with E-state index in [1.165, 1.54) is 11.1 Å². The minimum Gasteiger partial charge on any atom is -0.496 e. The van der Waals surface area contributed by atoms with Crippen LogP contribution in [0.15, 0.2) is 36.4 Å². The Morgan fingerprint density at radius 3 is 2.50 bits per heavy atom. The van der Waals surface area contributed by atoms with Crippen molar-refractivity contribution in [1.82, 2.24) is 5.32 Å². The van der Waals surface area contributed by atoms with Crippen molar-refractivity contribution in [2.45, 2.75) is 26.7 Å². The highest BCUT2D eigenvalue weighted by Crippen LogP contribution is 2.31. The molecule has 24 heavy (non-hydrogen) atoms. The first-order valence-electron chi connectivity index (χ1n) is 8.37. The summed E-state index contributed by atoms with van der Waals surface area (Å²) >= 11 is 0. The molecule has 0 atom stereocenters. The molecular weight excluding hydrogens is 300 g/mol. The van der Waals surface area contributed by atoms with E-state index >= 15 is 0 Å². The lowest BCUT2D eigenvalue weighted by Gasteiger charge is -2.19. The molecule has 1 fully saturated rings. The molecule has 1 heterocycles. The first-order chi connectivity index (χ1) is 11.6. The number of amides is 2. The van der Waals surface area contributed by atoms with Gasteiger partial charge in [-0.05, 0) is 55.5 Å². The van der Waals surface area contributed by atoms with Crippen LogP contribution in [0.25, 0.3) is 0 Å². The number of carbonyl (C=O) groups excluding carboxylic acids is 1. The zero-order valence-corrected chi connectivity index (χ0v) is 14.6. The smallest absolute Gasteiger partial charge is 0.321 e. The predicted octanol–water partition coefficient (Wildman–Crippen LogP) is 3.63. The summed E-state index contributed by atoms with van der Waals surface area (Å²) in [4.78, 5) is 13.7. The van der Waals surface area contributed by atoms with Gasteiger partial charge in [0.25, 0.3) is 0 Å². The first-order valence-corrected chi connectivity index (χ1v) is 8.37. The third-order valence-corrected chi connectivity index (χ3v) is 4.51. The third kappa shape index (κ3) is 3.37. The molecule has 2 aromatic carbocycles. The van der Waals surface area contributed by atoms with Gasteiger partial charge in [0.15, 0.2) is 0 Å². The van der Waals surface area contributed by atoms with Crippen molar-refractivity contribution in [2.24, 2.45) is 0 Å². The molecule has 4 heteroatoms. The van der Waals surface area contributed by atoms with Gasteiger partial charge in [0.2, 0.25) is 0 Å². The molecule has 1 N–H and O–H groups in total. The standard InChI is InChI=1S/C20H24N2O2/c1-14-4-6-16(7-5-14)8-9-17-13-18(12-15(2)19(17)24-3)22-11-10-21-20(22)23/h4-7,12-13H,8-11H2,1-3H3,(H,21,23). The van der Waals surface area contributed by atoms with E-state index in [9.17, 15) is 4.79 Å². The summed E-state index contributed by atoms with van der Waals surface area (Å²) in [7, 11) is 1.71. The molecule has 0 unspecified atom stereocenters. The molecule has 1 aliphatic heterocycles. The van der Waals surface area contributed by atoms with E-state index < -0.39 is 0 Å². The summed E-state index contributed by atoms with van der Waals surface area (Å²) in [5, 5.41) is 2.85. The zero-order chi connectivity index (χ0) is 17.1. The molecule has 0 aliphatic carbocycles. The molecule has 1 aliphatic rings. The van der Waals surface area contributed by atoms with E-state index in [-0.39, 0.29) is 6.03 Å². The molecule has 4 nitrogen and oxygen atoms in total. The lowest BCUT2D eigenvalue weighted by Crippen LogP contribution is -2.27. The molecule has 2 aromatic rings. The summed E-state index contributed by atoms with van der Waals surface area (Å²) in [5.41, 5.74) is 5.74. The van der Waals surface area contributed by atoms with E-state index in [0.717, 1.165) is 35.4 Å². The van der Waals surface area contributed by atoms with Gasteiger partial charge in [-0.15, -0.1) is 0 Å². The summed E-state index contributed by atoms with van der Waals surface area (Å²) in [6.07, 6.45) is 1.84. The molecule has 0 spiro atoms. The quantitative estimate of drug-likeness (QED) is 0.912.